The van der Waals surface area contributed by atoms with E-state index < -0.39 is 0 Å². The van der Waals surface area contributed by atoms with Crippen LogP contribution in [0, 0.1) is 16.7 Å². The number of carbonyl (C=O) groups excluding carboxylic acids is 2. The normalized spacial score (nSPS) is 23.7. The summed E-state index contributed by atoms with van der Waals surface area (Å²) in [6, 6.07) is 1.94. The number of nitrogens with one attached hydrogen (secondary N) is 2. The maximum absolute atomic E-state index is 13.1. The van der Waals surface area contributed by atoms with E-state index in [0.29, 0.717) is 18.9 Å². The zero-order valence-electron chi connectivity index (χ0n) is 18.5. The fourth-order valence-corrected chi connectivity index (χ4v) is 5.71. The fourth-order valence-electron chi connectivity index (χ4n) is 5.71. The van der Waals surface area contributed by atoms with Crippen LogP contribution in [-0.2, 0) is 16.0 Å². The van der Waals surface area contributed by atoms with E-state index in [0.717, 1.165) is 55.2 Å². The monoisotopic (exact) mass is 410 g/mol. The Bertz CT molecular complexity index is 934. The van der Waals surface area contributed by atoms with Gasteiger partial charge in [0.05, 0.1) is 18.1 Å². The summed E-state index contributed by atoms with van der Waals surface area (Å²) in [7, 11) is 0. The summed E-state index contributed by atoms with van der Waals surface area (Å²) in [6.45, 7) is 8.56. The highest BCUT2D eigenvalue weighted by molar-refractivity contribution is 5.88. The molecule has 0 radical (unpaired) electrons. The lowest BCUT2D eigenvalue weighted by Gasteiger charge is -2.32. The van der Waals surface area contributed by atoms with Crippen molar-refractivity contribution in [2.45, 2.75) is 59.3 Å². The summed E-state index contributed by atoms with van der Waals surface area (Å²) in [5.41, 5.74) is 1.68. The molecule has 2 atom stereocenters. The molecule has 6 heteroatoms. The van der Waals surface area contributed by atoms with Crippen LogP contribution in [0.25, 0.3) is 10.9 Å². The Morgan fingerprint density at radius 1 is 1.40 bits per heavy atom. The summed E-state index contributed by atoms with van der Waals surface area (Å²) >= 11 is 0. The Labute approximate surface area is 178 Å². The van der Waals surface area contributed by atoms with Crippen molar-refractivity contribution in [2.75, 3.05) is 19.6 Å². The first kappa shape index (κ1) is 20.9. The second-order valence-electron chi connectivity index (χ2n) is 9.96. The Morgan fingerprint density at radius 3 is 3.03 bits per heavy atom. The number of nitrogens with zero attached hydrogens (tertiary/aromatic N) is 2. The molecule has 0 unspecified atom stereocenters. The number of aromatic amines is 1. The quantitative estimate of drug-likeness (QED) is 0.731. The number of rotatable bonds is 7. The molecule has 2 amide bonds. The van der Waals surface area contributed by atoms with Gasteiger partial charge in [-0.25, -0.2) is 0 Å². The van der Waals surface area contributed by atoms with Gasteiger partial charge in [-0.05, 0) is 36.8 Å². The molecule has 0 aromatic carbocycles. The van der Waals surface area contributed by atoms with Gasteiger partial charge in [-0.3, -0.25) is 14.6 Å². The lowest BCUT2D eigenvalue weighted by atomic mass is 9.80. The average Bonchev–Trinajstić information content (AvgIpc) is 3.38. The number of H-pyrrole nitrogens is 1. The zero-order chi connectivity index (χ0) is 21.4. The van der Waals surface area contributed by atoms with Crippen molar-refractivity contribution in [2.24, 2.45) is 16.7 Å². The van der Waals surface area contributed by atoms with Gasteiger partial charge in [0.1, 0.15) is 0 Å². The molecule has 162 valence electrons. The van der Waals surface area contributed by atoms with Crippen molar-refractivity contribution in [3.63, 3.8) is 0 Å². The summed E-state index contributed by atoms with van der Waals surface area (Å²) in [5.74, 6) is 0.819. The number of hydrogen-bond donors (Lipinski definition) is 2. The number of aromatic nitrogens is 2. The lowest BCUT2D eigenvalue weighted by molar-refractivity contribution is -0.140. The maximum Gasteiger partial charge on any atom is 0.228 e. The molecule has 2 N–H and O–H groups in total. The van der Waals surface area contributed by atoms with E-state index in [1.54, 1.807) is 12.4 Å². The van der Waals surface area contributed by atoms with Gasteiger partial charge in [-0.1, -0.05) is 33.6 Å². The van der Waals surface area contributed by atoms with Gasteiger partial charge in [0.25, 0.3) is 0 Å². The van der Waals surface area contributed by atoms with Gasteiger partial charge >= 0.3 is 0 Å². The van der Waals surface area contributed by atoms with E-state index in [9.17, 15) is 9.59 Å². The lowest BCUT2D eigenvalue weighted by Crippen LogP contribution is -2.44. The van der Waals surface area contributed by atoms with E-state index in [2.05, 4.69) is 41.0 Å². The molecule has 1 aliphatic heterocycles. The second-order valence-corrected chi connectivity index (χ2v) is 9.96. The summed E-state index contributed by atoms with van der Waals surface area (Å²) < 4.78 is 0. The minimum atomic E-state index is -0.304. The smallest absolute Gasteiger partial charge is 0.228 e. The highest BCUT2D eigenvalue weighted by atomic mass is 16.2. The van der Waals surface area contributed by atoms with Gasteiger partial charge in [0.2, 0.25) is 11.8 Å². The summed E-state index contributed by atoms with van der Waals surface area (Å²) in [4.78, 5) is 35.2. The third kappa shape index (κ3) is 3.84. The molecule has 6 nitrogen and oxygen atoms in total. The van der Waals surface area contributed by atoms with Crippen LogP contribution >= 0.6 is 0 Å². The number of amides is 2. The molecule has 2 aromatic rings. The van der Waals surface area contributed by atoms with Crippen LogP contribution in [0.15, 0.2) is 24.7 Å². The first-order valence-electron chi connectivity index (χ1n) is 11.3. The van der Waals surface area contributed by atoms with Gasteiger partial charge in [-0.15, -0.1) is 0 Å². The van der Waals surface area contributed by atoms with Crippen LogP contribution in [0.1, 0.15) is 58.4 Å². The molecule has 2 aromatic heterocycles. The SMILES string of the molecule is CCCC(C)(C)C(=O)N1C[C@@H]2CCC[C@]2(CNC(=O)Cc2c[nH]c3cnccc23)C1. The average molecular weight is 411 g/mol. The van der Waals surface area contributed by atoms with Crippen LogP contribution in [0.2, 0.25) is 0 Å². The van der Waals surface area contributed by atoms with Crippen molar-refractivity contribution < 1.29 is 9.59 Å². The topological polar surface area (TPSA) is 78.1 Å². The molecular weight excluding hydrogens is 376 g/mol. The van der Waals surface area contributed by atoms with Crippen LogP contribution < -0.4 is 5.32 Å². The summed E-state index contributed by atoms with van der Waals surface area (Å²) in [5, 5.41) is 4.26. The molecule has 1 aliphatic carbocycles. The minimum absolute atomic E-state index is 0.0394. The number of carbonyl (C=O) groups is 2. The Morgan fingerprint density at radius 2 is 2.23 bits per heavy atom. The third-order valence-corrected chi connectivity index (χ3v) is 7.34. The van der Waals surface area contributed by atoms with Gasteiger partial charge in [0.15, 0.2) is 0 Å². The van der Waals surface area contributed by atoms with Crippen LogP contribution in [0.5, 0.6) is 0 Å². The zero-order valence-corrected chi connectivity index (χ0v) is 18.5. The number of hydrogen-bond acceptors (Lipinski definition) is 3. The van der Waals surface area contributed by atoms with Crippen molar-refractivity contribution in [1.29, 1.82) is 0 Å². The largest absolute Gasteiger partial charge is 0.360 e. The predicted octanol–water partition coefficient (Wildman–Crippen LogP) is 3.68. The highest BCUT2D eigenvalue weighted by Gasteiger charge is 2.51. The highest BCUT2D eigenvalue weighted by Crippen LogP contribution is 2.49. The summed E-state index contributed by atoms with van der Waals surface area (Å²) in [6.07, 6.45) is 11.2. The fraction of sp³-hybridized carbons (Fsp3) is 0.625. The van der Waals surface area contributed by atoms with Crippen LogP contribution in [-0.4, -0.2) is 46.3 Å². The first-order chi connectivity index (χ1) is 14.3. The van der Waals surface area contributed by atoms with Crippen LogP contribution in [0.3, 0.4) is 0 Å². The van der Waals surface area contributed by atoms with E-state index in [1.165, 1.54) is 6.42 Å². The molecule has 0 bridgehead atoms. The van der Waals surface area contributed by atoms with Crippen molar-refractivity contribution in [3.8, 4) is 0 Å². The first-order valence-corrected chi connectivity index (χ1v) is 11.3. The Balaban J connectivity index is 1.39. The van der Waals surface area contributed by atoms with Crippen molar-refractivity contribution in [3.05, 3.63) is 30.2 Å². The number of fused-ring (bicyclic) bond motifs is 2. The van der Waals surface area contributed by atoms with Gasteiger partial charge in [-0.2, -0.15) is 0 Å². The van der Waals surface area contributed by atoms with E-state index >= 15 is 0 Å². The van der Waals surface area contributed by atoms with E-state index in [1.807, 2.05) is 12.3 Å². The van der Waals surface area contributed by atoms with E-state index in [-0.39, 0.29) is 22.6 Å². The maximum atomic E-state index is 13.1. The molecule has 2 aliphatic rings. The second kappa shape index (κ2) is 8.05. The standard InChI is InChI=1S/C24H34N4O2/c1-4-8-23(2,3)22(30)28-14-18-6-5-9-24(18,16-28)15-27-21(29)11-17-12-26-20-13-25-10-7-19(17)20/h7,10,12-13,18,26H,4-6,8-9,11,14-16H2,1-3H3,(H,27,29)/t18-,24-/m0/s1. The number of pyridine rings is 1. The van der Waals surface area contributed by atoms with Crippen LogP contribution in [0.4, 0.5) is 0 Å². The van der Waals surface area contributed by atoms with Crippen molar-refractivity contribution >= 4 is 22.7 Å². The third-order valence-electron chi connectivity index (χ3n) is 7.34. The molecule has 3 heterocycles. The van der Waals surface area contributed by atoms with Crippen molar-refractivity contribution in [1.82, 2.24) is 20.2 Å². The Hall–Kier alpha value is -2.37. The van der Waals surface area contributed by atoms with E-state index in [4.69, 9.17) is 0 Å². The molecule has 30 heavy (non-hydrogen) atoms. The van der Waals surface area contributed by atoms with Gasteiger partial charge in [0, 0.05) is 48.2 Å². The number of likely N-dealkylation sites (tertiary alicyclic amines) is 1. The minimum Gasteiger partial charge on any atom is -0.360 e. The molecule has 1 saturated heterocycles. The molecular formula is C24H34N4O2. The molecule has 1 saturated carbocycles. The molecule has 0 spiro atoms. The molecule has 4 rings (SSSR count). The predicted molar refractivity (Wildman–Crippen MR) is 118 cm³/mol. The molecule has 2 fully saturated rings. The van der Waals surface area contributed by atoms with Gasteiger partial charge < -0.3 is 15.2 Å². The Kier molecular flexibility index (Phi) is 5.60.